The average molecular weight is 468 g/mol. The van der Waals surface area contributed by atoms with Gasteiger partial charge in [0.25, 0.3) is 12.4 Å². The van der Waals surface area contributed by atoms with E-state index in [9.17, 15) is 18.8 Å². The quantitative estimate of drug-likeness (QED) is 0.473. The fourth-order valence-corrected chi connectivity index (χ4v) is 5.28. The van der Waals surface area contributed by atoms with Crippen molar-refractivity contribution in [3.8, 4) is 0 Å². The topological polar surface area (TPSA) is 79.4 Å². The Hall–Kier alpha value is -2.23. The van der Waals surface area contributed by atoms with Gasteiger partial charge in [-0.05, 0) is 50.3 Å². The minimum atomic E-state index is -1.32. The van der Waals surface area contributed by atoms with E-state index in [0.29, 0.717) is 31.9 Å². The predicted octanol–water partition coefficient (Wildman–Crippen LogP) is 2.68. The van der Waals surface area contributed by atoms with Crippen molar-refractivity contribution in [3.05, 3.63) is 29.0 Å². The summed E-state index contributed by atoms with van der Waals surface area (Å²) >= 11 is 5.77. The zero-order valence-corrected chi connectivity index (χ0v) is 18.7. The highest BCUT2D eigenvalue weighted by Crippen LogP contribution is 2.41. The Morgan fingerprint density at radius 1 is 1.31 bits per heavy atom. The first-order chi connectivity index (χ1) is 15.4. The molecule has 1 spiro atoms. The number of nitrogens with zero attached hydrogens (tertiary/aromatic N) is 3. The van der Waals surface area contributed by atoms with Crippen LogP contribution in [0.15, 0.2) is 18.2 Å². The van der Waals surface area contributed by atoms with Crippen molar-refractivity contribution in [1.29, 1.82) is 0 Å². The molecule has 3 aliphatic heterocycles. The van der Waals surface area contributed by atoms with Crippen LogP contribution in [0.2, 0.25) is 5.02 Å². The number of imide groups is 1. The van der Waals surface area contributed by atoms with E-state index < -0.39 is 29.4 Å². The Bertz CT molecular complexity index is 896. The second kappa shape index (κ2) is 9.33. The van der Waals surface area contributed by atoms with Gasteiger partial charge in [-0.25, -0.2) is 14.1 Å². The number of rotatable bonds is 6. The number of likely N-dealkylation sites (tertiary alicyclic amines) is 1. The van der Waals surface area contributed by atoms with Crippen molar-refractivity contribution < 1.29 is 28.2 Å². The van der Waals surface area contributed by atoms with Gasteiger partial charge in [0, 0.05) is 39.4 Å². The minimum absolute atomic E-state index is 0.0986. The summed E-state index contributed by atoms with van der Waals surface area (Å²) < 4.78 is 25.0. The van der Waals surface area contributed by atoms with E-state index in [1.54, 1.807) is 6.92 Å². The largest absolute Gasteiger partial charge is 0.460 e. The maximum Gasteiger partial charge on any atom is 0.332 e. The molecule has 0 aliphatic carbocycles. The zero-order valence-electron chi connectivity index (χ0n) is 18.0. The maximum absolute atomic E-state index is 14.1. The summed E-state index contributed by atoms with van der Waals surface area (Å²) in [5.41, 5.74) is -1.22. The van der Waals surface area contributed by atoms with Crippen LogP contribution in [-0.4, -0.2) is 79.2 Å². The molecule has 0 saturated carbocycles. The van der Waals surface area contributed by atoms with E-state index in [-0.39, 0.29) is 17.3 Å². The van der Waals surface area contributed by atoms with Gasteiger partial charge in [-0.2, -0.15) is 0 Å². The number of piperidine rings is 1. The van der Waals surface area contributed by atoms with Gasteiger partial charge in [-0.3, -0.25) is 14.5 Å². The molecule has 3 aliphatic rings. The Labute approximate surface area is 191 Å². The van der Waals surface area contributed by atoms with Crippen molar-refractivity contribution in [2.75, 3.05) is 44.3 Å². The fourth-order valence-electron chi connectivity index (χ4n) is 5.16. The number of carbonyl (C=O) groups excluding carboxylic acids is 3. The van der Waals surface area contributed by atoms with Gasteiger partial charge in [0.15, 0.2) is 5.54 Å². The van der Waals surface area contributed by atoms with Gasteiger partial charge in [0.1, 0.15) is 11.9 Å². The molecule has 2 unspecified atom stereocenters. The van der Waals surface area contributed by atoms with Gasteiger partial charge < -0.3 is 14.4 Å². The van der Waals surface area contributed by atoms with Crippen molar-refractivity contribution >= 4 is 35.7 Å². The lowest BCUT2D eigenvalue weighted by molar-refractivity contribution is -0.154. The Morgan fingerprint density at radius 3 is 2.72 bits per heavy atom. The summed E-state index contributed by atoms with van der Waals surface area (Å²) in [5.74, 6) is -0.754. The van der Waals surface area contributed by atoms with Gasteiger partial charge in [0.2, 0.25) is 0 Å². The highest BCUT2D eigenvalue weighted by molar-refractivity contribution is 6.31. The standard InChI is InChI=1S/C22H27ClFN3O5/c1-2-26-21(30)27(16-3-4-17(23)18(24)11-16)20(29)22(26)7-8-25(13-19(22)32-14-28)12-15-5-9-31-10-6-15/h3-4,11,14-15,19H,2,5-10,12-13H2,1H3. The van der Waals surface area contributed by atoms with Crippen LogP contribution in [0.1, 0.15) is 26.2 Å². The predicted molar refractivity (Wildman–Crippen MR) is 115 cm³/mol. The van der Waals surface area contributed by atoms with Gasteiger partial charge in [-0.15, -0.1) is 0 Å². The molecule has 32 heavy (non-hydrogen) atoms. The molecule has 174 valence electrons. The minimum Gasteiger partial charge on any atom is -0.460 e. The van der Waals surface area contributed by atoms with Crippen LogP contribution in [0.5, 0.6) is 0 Å². The van der Waals surface area contributed by atoms with Crippen molar-refractivity contribution in [2.24, 2.45) is 5.92 Å². The number of hydrogen-bond acceptors (Lipinski definition) is 6. The first-order valence-corrected chi connectivity index (χ1v) is 11.3. The van der Waals surface area contributed by atoms with E-state index in [1.807, 2.05) is 0 Å². The number of likely N-dealkylation sites (N-methyl/N-ethyl adjacent to an activating group) is 1. The van der Waals surface area contributed by atoms with Gasteiger partial charge >= 0.3 is 6.03 Å². The van der Waals surface area contributed by atoms with Crippen molar-refractivity contribution in [2.45, 2.75) is 37.8 Å². The molecule has 10 heteroatoms. The molecule has 3 saturated heterocycles. The Balaban J connectivity index is 1.63. The number of anilines is 1. The second-order valence-electron chi connectivity index (χ2n) is 8.48. The van der Waals surface area contributed by atoms with E-state index in [4.69, 9.17) is 21.1 Å². The zero-order chi connectivity index (χ0) is 22.9. The number of benzene rings is 1. The molecule has 8 nitrogen and oxygen atoms in total. The molecule has 4 rings (SSSR count). The van der Waals surface area contributed by atoms with Crippen LogP contribution in [0.25, 0.3) is 0 Å². The van der Waals surface area contributed by atoms with E-state index >= 15 is 0 Å². The number of ether oxygens (including phenoxy) is 2. The normalized spacial score (nSPS) is 27.4. The summed E-state index contributed by atoms with van der Waals surface area (Å²) in [6.45, 7) is 5.56. The molecule has 0 bridgehead atoms. The summed E-state index contributed by atoms with van der Waals surface area (Å²) in [4.78, 5) is 43.0. The van der Waals surface area contributed by atoms with E-state index in [2.05, 4.69) is 4.90 Å². The first-order valence-electron chi connectivity index (χ1n) is 10.9. The summed E-state index contributed by atoms with van der Waals surface area (Å²) in [6.07, 6.45) is 1.43. The Kier molecular flexibility index (Phi) is 6.69. The van der Waals surface area contributed by atoms with E-state index in [0.717, 1.165) is 43.6 Å². The molecular weight excluding hydrogens is 441 g/mol. The molecular formula is C22H27ClFN3O5. The van der Waals surface area contributed by atoms with Crippen molar-refractivity contribution in [1.82, 2.24) is 9.80 Å². The molecule has 0 radical (unpaired) electrons. The summed E-state index contributed by atoms with van der Waals surface area (Å²) in [6, 6.07) is 3.26. The molecule has 3 heterocycles. The molecule has 3 amide bonds. The number of carbonyl (C=O) groups is 3. The second-order valence-corrected chi connectivity index (χ2v) is 8.88. The molecule has 1 aromatic carbocycles. The summed E-state index contributed by atoms with van der Waals surface area (Å²) in [5, 5.41) is -0.0986. The molecule has 2 atom stereocenters. The van der Waals surface area contributed by atoms with Gasteiger partial charge in [0.05, 0.1) is 10.7 Å². The molecule has 3 fully saturated rings. The lowest BCUT2D eigenvalue weighted by Crippen LogP contribution is -2.66. The average Bonchev–Trinajstić information content (AvgIpc) is 3.00. The van der Waals surface area contributed by atoms with Crippen LogP contribution in [-0.2, 0) is 19.1 Å². The molecule has 0 N–H and O–H groups in total. The van der Waals surface area contributed by atoms with E-state index in [1.165, 1.54) is 17.0 Å². The lowest BCUT2D eigenvalue weighted by Gasteiger charge is -2.47. The van der Waals surface area contributed by atoms with Crippen LogP contribution in [0.3, 0.4) is 0 Å². The fraction of sp³-hybridized carbons (Fsp3) is 0.591. The number of amides is 3. The summed E-state index contributed by atoms with van der Waals surface area (Å²) in [7, 11) is 0. The number of hydrogen-bond donors (Lipinski definition) is 0. The van der Waals surface area contributed by atoms with Crippen LogP contribution >= 0.6 is 11.6 Å². The molecule has 0 aromatic heterocycles. The van der Waals surface area contributed by atoms with Crippen LogP contribution in [0.4, 0.5) is 14.9 Å². The smallest absolute Gasteiger partial charge is 0.332 e. The SMILES string of the molecule is CCN1C(=O)N(c2ccc(Cl)c(F)c2)C(=O)C12CCN(CC1CCOCC1)CC2OC=O. The lowest BCUT2D eigenvalue weighted by atomic mass is 9.82. The number of halogens is 2. The highest BCUT2D eigenvalue weighted by atomic mass is 35.5. The third-order valence-corrected chi connectivity index (χ3v) is 7.10. The van der Waals surface area contributed by atoms with Crippen LogP contribution in [0, 0.1) is 11.7 Å². The van der Waals surface area contributed by atoms with Crippen molar-refractivity contribution in [3.63, 3.8) is 0 Å². The Morgan fingerprint density at radius 2 is 2.06 bits per heavy atom. The third-order valence-electron chi connectivity index (χ3n) is 6.80. The van der Waals surface area contributed by atoms with Gasteiger partial charge in [-0.1, -0.05) is 11.6 Å². The molecule has 1 aromatic rings. The first kappa shape index (κ1) is 22.9. The monoisotopic (exact) mass is 467 g/mol. The van der Waals surface area contributed by atoms with Crippen LogP contribution < -0.4 is 4.90 Å². The maximum atomic E-state index is 14.1. The number of urea groups is 1. The highest BCUT2D eigenvalue weighted by Gasteiger charge is 2.63. The third kappa shape index (κ3) is 3.86.